The maximum atomic E-state index is 12.9. The minimum atomic E-state index is -3.93. The number of amides is 1. The van der Waals surface area contributed by atoms with Crippen molar-refractivity contribution in [1.82, 2.24) is 4.31 Å². The molecule has 1 saturated heterocycles. The minimum Gasteiger partial charge on any atom is -0.399 e. The molecule has 3 rings (SSSR count). The lowest BCUT2D eigenvalue weighted by Crippen LogP contribution is -2.41. The predicted octanol–water partition coefficient (Wildman–Crippen LogP) is 2.45. The molecule has 6 nitrogen and oxygen atoms in total. The van der Waals surface area contributed by atoms with E-state index in [0.29, 0.717) is 5.46 Å². The number of sulfonamides is 1. The van der Waals surface area contributed by atoms with Crippen molar-refractivity contribution in [2.45, 2.75) is 43.8 Å². The first kappa shape index (κ1) is 20.6. The summed E-state index contributed by atoms with van der Waals surface area (Å²) in [6.45, 7) is 7.79. The molecule has 0 aromatic heterocycles. The molecule has 1 aliphatic rings. The van der Waals surface area contributed by atoms with Gasteiger partial charge in [-0.25, -0.2) is 12.7 Å². The summed E-state index contributed by atoms with van der Waals surface area (Å²) in [7, 11) is -3.31. The van der Waals surface area contributed by atoms with Gasteiger partial charge >= 0.3 is 7.12 Å². The van der Waals surface area contributed by atoms with Crippen molar-refractivity contribution in [2.75, 3.05) is 7.05 Å². The first-order chi connectivity index (χ1) is 13.0. The van der Waals surface area contributed by atoms with Gasteiger partial charge in [0.25, 0.3) is 15.9 Å². The molecule has 0 aliphatic carbocycles. The van der Waals surface area contributed by atoms with Crippen LogP contribution in [0.5, 0.6) is 0 Å². The quantitative estimate of drug-likeness (QED) is 0.736. The number of hydrogen-bond acceptors (Lipinski definition) is 5. The van der Waals surface area contributed by atoms with Crippen LogP contribution < -0.4 is 5.46 Å². The average molecular weight is 401 g/mol. The van der Waals surface area contributed by atoms with Gasteiger partial charge in [0.2, 0.25) is 0 Å². The van der Waals surface area contributed by atoms with Crippen molar-refractivity contribution in [1.29, 1.82) is 0 Å². The van der Waals surface area contributed by atoms with Crippen LogP contribution in [-0.4, -0.2) is 44.0 Å². The molecule has 8 heteroatoms. The summed E-state index contributed by atoms with van der Waals surface area (Å²) in [4.78, 5) is 12.9. The van der Waals surface area contributed by atoms with Crippen LogP contribution in [0.3, 0.4) is 0 Å². The van der Waals surface area contributed by atoms with Gasteiger partial charge in [0, 0.05) is 12.6 Å². The Morgan fingerprint density at radius 2 is 1.50 bits per heavy atom. The molecule has 0 saturated carbocycles. The van der Waals surface area contributed by atoms with Crippen molar-refractivity contribution >= 4 is 28.5 Å². The van der Waals surface area contributed by atoms with Crippen LogP contribution in [0.2, 0.25) is 0 Å². The number of hydrogen-bond donors (Lipinski definition) is 0. The van der Waals surface area contributed by atoms with E-state index in [4.69, 9.17) is 9.31 Å². The molecule has 2 aromatic carbocycles. The highest BCUT2D eigenvalue weighted by Gasteiger charge is 2.51. The Balaban J connectivity index is 1.87. The van der Waals surface area contributed by atoms with E-state index in [1.165, 1.54) is 19.2 Å². The summed E-state index contributed by atoms with van der Waals surface area (Å²) < 4.78 is 38.2. The predicted molar refractivity (Wildman–Crippen MR) is 108 cm³/mol. The van der Waals surface area contributed by atoms with Gasteiger partial charge in [0.1, 0.15) is 0 Å². The number of rotatable bonds is 4. The molecule has 148 valence electrons. The van der Waals surface area contributed by atoms with Gasteiger partial charge in [0.05, 0.1) is 16.1 Å². The van der Waals surface area contributed by atoms with Gasteiger partial charge in [-0.15, -0.1) is 0 Å². The molecule has 0 bridgehead atoms. The fourth-order valence-electron chi connectivity index (χ4n) is 2.84. The van der Waals surface area contributed by atoms with Crippen molar-refractivity contribution in [3.8, 4) is 0 Å². The van der Waals surface area contributed by atoms with E-state index in [-0.39, 0.29) is 10.5 Å². The number of benzene rings is 2. The third-order valence-electron chi connectivity index (χ3n) is 5.35. The Labute approximate surface area is 166 Å². The molecule has 1 aliphatic heterocycles. The highest BCUT2D eigenvalue weighted by molar-refractivity contribution is 7.89. The summed E-state index contributed by atoms with van der Waals surface area (Å²) in [5.41, 5.74) is -0.111. The van der Waals surface area contributed by atoms with Crippen LogP contribution in [0.1, 0.15) is 38.1 Å². The Kier molecular flexibility index (Phi) is 5.16. The number of carbonyl (C=O) groups excluding carboxylic acids is 1. The molecule has 1 heterocycles. The van der Waals surface area contributed by atoms with E-state index < -0.39 is 34.3 Å². The SMILES string of the molecule is CN(C(=O)c1cccc(B2OC(C)(C)C(C)(C)O2)c1)S(=O)(=O)c1ccccc1. The zero-order valence-corrected chi connectivity index (χ0v) is 17.5. The highest BCUT2D eigenvalue weighted by atomic mass is 32.2. The Morgan fingerprint density at radius 1 is 0.929 bits per heavy atom. The van der Waals surface area contributed by atoms with Crippen molar-refractivity contribution in [2.24, 2.45) is 0 Å². The lowest BCUT2D eigenvalue weighted by atomic mass is 9.78. The fourth-order valence-corrected chi connectivity index (χ4v) is 3.98. The first-order valence-electron chi connectivity index (χ1n) is 9.00. The molecule has 1 fully saturated rings. The van der Waals surface area contributed by atoms with E-state index >= 15 is 0 Å². The standard InChI is InChI=1S/C20H24BNO5S/c1-19(2)20(3,4)27-21(26-19)16-11-9-10-15(14-16)18(23)22(5)28(24,25)17-12-7-6-8-13-17/h6-14H,1-5H3. The lowest BCUT2D eigenvalue weighted by Gasteiger charge is -2.32. The monoisotopic (exact) mass is 401 g/mol. The average Bonchev–Trinajstić information content (AvgIpc) is 2.88. The number of nitrogens with zero attached hydrogens (tertiary/aromatic N) is 1. The van der Waals surface area contributed by atoms with Gasteiger partial charge in [-0.3, -0.25) is 4.79 Å². The normalized spacial score (nSPS) is 18.1. The second-order valence-electron chi connectivity index (χ2n) is 7.80. The van der Waals surface area contributed by atoms with E-state index in [1.807, 2.05) is 27.7 Å². The molecule has 1 amide bonds. The van der Waals surface area contributed by atoms with Gasteiger partial charge < -0.3 is 9.31 Å². The maximum absolute atomic E-state index is 12.9. The number of carbonyl (C=O) groups is 1. The molecule has 0 atom stereocenters. The van der Waals surface area contributed by atoms with Gasteiger partial charge in [-0.1, -0.05) is 30.3 Å². The smallest absolute Gasteiger partial charge is 0.399 e. The summed E-state index contributed by atoms with van der Waals surface area (Å²) in [6.07, 6.45) is 0. The van der Waals surface area contributed by atoms with Crippen LogP contribution in [-0.2, 0) is 19.3 Å². The largest absolute Gasteiger partial charge is 0.494 e. The molecule has 28 heavy (non-hydrogen) atoms. The van der Waals surface area contributed by atoms with Gasteiger partial charge in [-0.05, 0) is 57.4 Å². The van der Waals surface area contributed by atoms with Crippen molar-refractivity contribution < 1.29 is 22.5 Å². The maximum Gasteiger partial charge on any atom is 0.494 e. The van der Waals surface area contributed by atoms with Crippen molar-refractivity contribution in [3.05, 3.63) is 60.2 Å². The molecule has 0 radical (unpaired) electrons. The minimum absolute atomic E-state index is 0.0629. The van der Waals surface area contributed by atoms with Crippen LogP contribution in [0, 0.1) is 0 Å². The molecular formula is C20H24BNO5S. The molecule has 0 unspecified atom stereocenters. The van der Waals surface area contributed by atoms with Crippen LogP contribution in [0.4, 0.5) is 0 Å². The molecular weight excluding hydrogens is 377 g/mol. The second-order valence-corrected chi connectivity index (χ2v) is 9.77. The summed E-state index contributed by atoms with van der Waals surface area (Å²) >= 11 is 0. The van der Waals surface area contributed by atoms with E-state index in [9.17, 15) is 13.2 Å². The summed E-state index contributed by atoms with van der Waals surface area (Å²) in [5.74, 6) is -0.623. The Morgan fingerprint density at radius 3 is 2.07 bits per heavy atom. The first-order valence-corrected chi connectivity index (χ1v) is 10.4. The Hall–Kier alpha value is -2.16. The topological polar surface area (TPSA) is 72.9 Å². The van der Waals surface area contributed by atoms with E-state index in [0.717, 1.165) is 4.31 Å². The van der Waals surface area contributed by atoms with E-state index in [1.54, 1.807) is 42.5 Å². The van der Waals surface area contributed by atoms with Crippen LogP contribution >= 0.6 is 0 Å². The lowest BCUT2D eigenvalue weighted by molar-refractivity contribution is 0.00578. The summed E-state index contributed by atoms with van der Waals surface area (Å²) in [5, 5.41) is 0. The van der Waals surface area contributed by atoms with Crippen molar-refractivity contribution in [3.63, 3.8) is 0 Å². The third-order valence-corrected chi connectivity index (χ3v) is 7.10. The van der Waals surface area contributed by atoms with Crippen LogP contribution in [0.15, 0.2) is 59.5 Å². The molecule has 0 spiro atoms. The van der Waals surface area contributed by atoms with Gasteiger partial charge in [0.15, 0.2) is 0 Å². The zero-order chi connectivity index (χ0) is 20.7. The third kappa shape index (κ3) is 3.59. The van der Waals surface area contributed by atoms with E-state index in [2.05, 4.69) is 0 Å². The molecule has 2 aromatic rings. The fraction of sp³-hybridized carbons (Fsp3) is 0.350. The van der Waals surface area contributed by atoms with Crippen LogP contribution in [0.25, 0.3) is 0 Å². The second kappa shape index (κ2) is 7.02. The highest BCUT2D eigenvalue weighted by Crippen LogP contribution is 2.36. The zero-order valence-electron chi connectivity index (χ0n) is 16.7. The Bertz CT molecular complexity index is 973. The molecule has 0 N–H and O–H groups in total. The van der Waals surface area contributed by atoms with Gasteiger partial charge in [-0.2, -0.15) is 0 Å². The summed E-state index contributed by atoms with van der Waals surface area (Å²) in [6, 6.07) is 14.5.